The molecular weight excluding hydrogens is 472 g/mol. The van der Waals surface area contributed by atoms with E-state index >= 15 is 0 Å². The molecule has 2 N–H and O–H groups in total. The Bertz CT molecular complexity index is 1140. The molecular formula is C30H36O5S. The van der Waals surface area contributed by atoms with Gasteiger partial charge in [0.05, 0.1) is 6.61 Å². The van der Waals surface area contributed by atoms with Crippen molar-refractivity contribution in [2.24, 2.45) is 5.41 Å². The highest BCUT2D eigenvalue weighted by Crippen LogP contribution is 2.34. The van der Waals surface area contributed by atoms with Gasteiger partial charge in [0.25, 0.3) is 0 Å². The summed E-state index contributed by atoms with van der Waals surface area (Å²) in [6.45, 7) is 7.69. The van der Waals surface area contributed by atoms with E-state index in [2.05, 4.69) is 18.2 Å². The van der Waals surface area contributed by atoms with Crippen molar-refractivity contribution in [2.45, 2.75) is 56.4 Å². The second-order valence-electron chi connectivity index (χ2n) is 9.69. The summed E-state index contributed by atoms with van der Waals surface area (Å²) in [4.78, 5) is 15.0. The van der Waals surface area contributed by atoms with Crippen LogP contribution < -0.4 is 9.47 Å². The fraction of sp³-hybridized carbons (Fsp3) is 0.367. The van der Waals surface area contributed by atoms with Gasteiger partial charge in [-0.3, -0.25) is 4.79 Å². The molecule has 0 radical (unpaired) electrons. The summed E-state index contributed by atoms with van der Waals surface area (Å²) >= 11 is 1.63. The van der Waals surface area contributed by atoms with Crippen molar-refractivity contribution < 1.29 is 24.5 Å². The maximum atomic E-state index is 12.9. The predicted molar refractivity (Wildman–Crippen MR) is 144 cm³/mol. The molecule has 3 aromatic rings. The van der Waals surface area contributed by atoms with Gasteiger partial charge in [0.2, 0.25) is 0 Å². The zero-order valence-corrected chi connectivity index (χ0v) is 22.3. The summed E-state index contributed by atoms with van der Waals surface area (Å²) in [6.07, 6.45) is 0.749. The molecule has 0 spiro atoms. The van der Waals surface area contributed by atoms with Crippen molar-refractivity contribution in [3.63, 3.8) is 0 Å². The van der Waals surface area contributed by atoms with E-state index in [-0.39, 0.29) is 25.6 Å². The second kappa shape index (κ2) is 12.9. The summed E-state index contributed by atoms with van der Waals surface area (Å²) in [6, 6.07) is 22.1. The minimum absolute atomic E-state index is 0.0528. The summed E-state index contributed by atoms with van der Waals surface area (Å²) in [5, 5.41) is 18.4. The number of benzene rings is 3. The maximum Gasteiger partial charge on any atom is 0.175 e. The van der Waals surface area contributed by atoms with Crippen molar-refractivity contribution >= 4 is 17.5 Å². The lowest BCUT2D eigenvalue weighted by Crippen LogP contribution is -2.30. The van der Waals surface area contributed by atoms with Crippen LogP contribution in [0.25, 0.3) is 0 Å². The summed E-state index contributed by atoms with van der Waals surface area (Å²) < 4.78 is 11.5. The maximum absolute atomic E-state index is 12.9. The smallest absolute Gasteiger partial charge is 0.175 e. The molecule has 3 aromatic carbocycles. The fourth-order valence-corrected chi connectivity index (χ4v) is 4.66. The van der Waals surface area contributed by atoms with Gasteiger partial charge in [-0.25, -0.2) is 0 Å². The van der Waals surface area contributed by atoms with E-state index in [0.717, 1.165) is 33.8 Å². The van der Waals surface area contributed by atoms with Crippen LogP contribution in [0, 0.1) is 19.3 Å². The number of aliphatic hydroxyl groups is 2. The number of ketones is 1. The number of hydrogen-bond acceptors (Lipinski definition) is 6. The highest BCUT2D eigenvalue weighted by atomic mass is 32.2. The number of carbonyl (C=O) groups excluding carboxylic acids is 1. The lowest BCUT2D eigenvalue weighted by molar-refractivity contribution is -0.129. The molecule has 1 atom stereocenters. The highest BCUT2D eigenvalue weighted by Gasteiger charge is 2.27. The number of aryl methyl sites for hydroxylation is 3. The van der Waals surface area contributed by atoms with Crippen LogP contribution in [0.4, 0.5) is 0 Å². The third-order valence-corrected chi connectivity index (χ3v) is 7.14. The first kappa shape index (κ1) is 27.8. The Morgan fingerprint density at radius 3 is 2.06 bits per heavy atom. The van der Waals surface area contributed by atoms with E-state index in [1.165, 1.54) is 5.56 Å². The van der Waals surface area contributed by atoms with E-state index in [9.17, 15) is 9.90 Å². The van der Waals surface area contributed by atoms with E-state index in [0.29, 0.717) is 11.5 Å². The van der Waals surface area contributed by atoms with E-state index in [1.807, 2.05) is 76.2 Å². The number of hydrogen-bond donors (Lipinski definition) is 2. The fourth-order valence-electron chi connectivity index (χ4n) is 3.65. The third-order valence-electron chi connectivity index (χ3n) is 6.17. The first-order valence-corrected chi connectivity index (χ1v) is 13.0. The van der Waals surface area contributed by atoms with Gasteiger partial charge in [-0.05, 0) is 79.8 Å². The first-order valence-electron chi connectivity index (χ1n) is 12.2. The molecule has 0 amide bonds. The molecule has 0 fully saturated rings. The first-order chi connectivity index (χ1) is 17.2. The van der Waals surface area contributed by atoms with Crippen LogP contribution in [0.2, 0.25) is 0 Å². The molecule has 0 saturated carbocycles. The SMILES string of the molecule is Cc1cc(Sc2ccc(OCC(O)CO)c(C)c2)ccc1OCC(=O)C(C)(C)CCc1ccccc1. The number of carbonyl (C=O) groups is 1. The van der Waals surface area contributed by atoms with Gasteiger partial charge < -0.3 is 19.7 Å². The van der Waals surface area contributed by atoms with Gasteiger partial charge in [-0.1, -0.05) is 55.9 Å². The summed E-state index contributed by atoms with van der Waals surface area (Å²) in [5.74, 6) is 1.50. The molecule has 192 valence electrons. The van der Waals surface area contributed by atoms with Gasteiger partial charge in [-0.2, -0.15) is 0 Å². The van der Waals surface area contributed by atoms with Crippen LogP contribution in [0.15, 0.2) is 76.5 Å². The molecule has 0 aliphatic heterocycles. The summed E-state index contributed by atoms with van der Waals surface area (Å²) in [7, 11) is 0. The number of rotatable bonds is 13. The molecule has 5 nitrogen and oxygen atoms in total. The van der Waals surface area contributed by atoms with Crippen LogP contribution in [0.1, 0.15) is 37.0 Å². The van der Waals surface area contributed by atoms with Crippen LogP contribution in [-0.2, 0) is 11.2 Å². The Morgan fingerprint density at radius 1 is 0.917 bits per heavy atom. The van der Waals surface area contributed by atoms with Crippen LogP contribution >= 0.6 is 11.8 Å². The largest absolute Gasteiger partial charge is 0.491 e. The Hall–Kier alpha value is -2.80. The monoisotopic (exact) mass is 508 g/mol. The molecule has 0 aliphatic carbocycles. The molecule has 3 rings (SSSR count). The average Bonchev–Trinajstić information content (AvgIpc) is 2.86. The van der Waals surface area contributed by atoms with Crippen molar-refractivity contribution in [1.29, 1.82) is 0 Å². The third kappa shape index (κ3) is 8.12. The molecule has 36 heavy (non-hydrogen) atoms. The number of aliphatic hydroxyl groups excluding tert-OH is 2. The minimum atomic E-state index is -0.891. The van der Waals surface area contributed by atoms with E-state index in [4.69, 9.17) is 14.6 Å². The van der Waals surface area contributed by atoms with Gasteiger partial charge in [0.15, 0.2) is 5.78 Å². The normalized spacial score (nSPS) is 12.3. The standard InChI is InChI=1S/C30H36O5S/c1-21-16-25(10-12-27(21)34-19-24(32)18-31)36-26-11-13-28(22(2)17-26)35-20-29(33)30(3,4)15-14-23-8-6-5-7-9-23/h5-13,16-17,24,31-32H,14-15,18-20H2,1-4H3. The van der Waals surface area contributed by atoms with Gasteiger partial charge >= 0.3 is 0 Å². The Morgan fingerprint density at radius 2 is 1.50 bits per heavy atom. The highest BCUT2D eigenvalue weighted by molar-refractivity contribution is 7.99. The van der Waals surface area contributed by atoms with Crippen molar-refractivity contribution in [1.82, 2.24) is 0 Å². The topological polar surface area (TPSA) is 76.0 Å². The van der Waals surface area contributed by atoms with Crippen LogP contribution in [-0.4, -0.2) is 41.9 Å². The predicted octanol–water partition coefficient (Wildman–Crippen LogP) is 5.79. The number of Topliss-reactive ketones (excluding diaryl/α,β-unsaturated/α-hetero) is 1. The Balaban J connectivity index is 1.54. The Labute approximate surface area is 218 Å². The van der Waals surface area contributed by atoms with Crippen molar-refractivity contribution in [2.75, 3.05) is 19.8 Å². The lowest BCUT2D eigenvalue weighted by atomic mass is 9.82. The Kier molecular flexibility index (Phi) is 9.99. The van der Waals surface area contributed by atoms with Gasteiger partial charge in [-0.15, -0.1) is 0 Å². The lowest BCUT2D eigenvalue weighted by Gasteiger charge is -2.23. The quantitative estimate of drug-likeness (QED) is 0.304. The minimum Gasteiger partial charge on any atom is -0.491 e. The molecule has 1 unspecified atom stereocenters. The second-order valence-corrected chi connectivity index (χ2v) is 10.8. The van der Waals surface area contributed by atoms with Crippen LogP contribution in [0.5, 0.6) is 11.5 Å². The molecule has 0 saturated heterocycles. The zero-order chi connectivity index (χ0) is 26.1. The molecule has 0 bridgehead atoms. The van der Waals surface area contributed by atoms with E-state index in [1.54, 1.807) is 11.8 Å². The zero-order valence-electron chi connectivity index (χ0n) is 21.5. The summed E-state index contributed by atoms with van der Waals surface area (Å²) in [5.41, 5.74) is 2.71. The average molecular weight is 509 g/mol. The molecule has 6 heteroatoms. The van der Waals surface area contributed by atoms with Gasteiger partial charge in [0.1, 0.15) is 30.8 Å². The van der Waals surface area contributed by atoms with Crippen LogP contribution in [0.3, 0.4) is 0 Å². The molecule has 0 heterocycles. The van der Waals surface area contributed by atoms with Crippen molar-refractivity contribution in [3.05, 3.63) is 83.4 Å². The molecule has 0 aromatic heterocycles. The van der Waals surface area contributed by atoms with E-state index < -0.39 is 11.5 Å². The molecule has 0 aliphatic rings. The van der Waals surface area contributed by atoms with Gasteiger partial charge in [0, 0.05) is 15.2 Å². The van der Waals surface area contributed by atoms with Crippen molar-refractivity contribution in [3.8, 4) is 11.5 Å². The number of ether oxygens (including phenoxy) is 2.